The van der Waals surface area contributed by atoms with Gasteiger partial charge in [-0.2, -0.15) is 0 Å². The molecule has 3 rings (SSSR count). The highest BCUT2D eigenvalue weighted by Crippen LogP contribution is 2.25. The van der Waals surface area contributed by atoms with Crippen LogP contribution in [0.15, 0.2) is 18.2 Å². The van der Waals surface area contributed by atoms with Crippen LogP contribution < -0.4 is 0 Å². The summed E-state index contributed by atoms with van der Waals surface area (Å²) in [4.78, 5) is 6.13. The van der Waals surface area contributed by atoms with E-state index in [-0.39, 0.29) is 0 Å². The van der Waals surface area contributed by atoms with E-state index in [1.807, 2.05) is 0 Å². The summed E-state index contributed by atoms with van der Waals surface area (Å²) in [6.07, 6.45) is 2.35. The van der Waals surface area contributed by atoms with Gasteiger partial charge < -0.3 is 9.72 Å². The van der Waals surface area contributed by atoms with E-state index in [1.165, 1.54) is 40.7 Å². The predicted molar refractivity (Wildman–Crippen MR) is 83.4 cm³/mol. The highest BCUT2D eigenvalue weighted by atomic mass is 16.5. The zero-order valence-electron chi connectivity index (χ0n) is 12.5. The number of nitrogens with zero attached hydrogens (tertiary/aromatic N) is 1. The Balaban J connectivity index is 1.65. The Morgan fingerprint density at radius 2 is 2.00 bits per heavy atom. The fourth-order valence-corrected chi connectivity index (χ4v) is 3.11. The maximum atomic E-state index is 5.39. The standard InChI is InChI=1S/C17H24N2O/c1-13-5-3-6-15-14(2)16(18-17(13)15)7-4-8-19-9-11-20-12-10-19/h3,5-6,18H,4,7-12H2,1-2H3. The van der Waals surface area contributed by atoms with Gasteiger partial charge in [0.15, 0.2) is 0 Å². The summed E-state index contributed by atoms with van der Waals surface area (Å²) in [5.41, 5.74) is 5.48. The number of H-pyrrole nitrogens is 1. The average Bonchev–Trinajstić information content (AvgIpc) is 2.79. The topological polar surface area (TPSA) is 28.3 Å². The molecular weight excluding hydrogens is 248 g/mol. The number of nitrogens with one attached hydrogen (secondary N) is 1. The Hall–Kier alpha value is -1.32. The van der Waals surface area contributed by atoms with Crippen molar-refractivity contribution < 1.29 is 4.74 Å². The van der Waals surface area contributed by atoms with E-state index in [0.717, 1.165) is 32.7 Å². The molecule has 1 fully saturated rings. The number of rotatable bonds is 4. The van der Waals surface area contributed by atoms with E-state index in [4.69, 9.17) is 4.74 Å². The molecule has 1 aromatic heterocycles. The SMILES string of the molecule is Cc1c(CCCN2CCOCC2)[nH]c2c(C)cccc12. The number of morpholine rings is 1. The molecule has 0 unspecified atom stereocenters. The zero-order valence-corrected chi connectivity index (χ0v) is 12.5. The Kier molecular flexibility index (Phi) is 4.08. The lowest BCUT2D eigenvalue weighted by Gasteiger charge is -2.26. The third kappa shape index (κ3) is 2.74. The lowest BCUT2D eigenvalue weighted by Crippen LogP contribution is -2.36. The van der Waals surface area contributed by atoms with E-state index in [0.29, 0.717) is 0 Å². The monoisotopic (exact) mass is 272 g/mol. The van der Waals surface area contributed by atoms with Gasteiger partial charge in [-0.05, 0) is 44.4 Å². The summed E-state index contributed by atoms with van der Waals surface area (Å²) in [7, 11) is 0. The molecule has 1 aliphatic heterocycles. The van der Waals surface area contributed by atoms with Crippen molar-refractivity contribution in [2.75, 3.05) is 32.8 Å². The van der Waals surface area contributed by atoms with Gasteiger partial charge in [-0.3, -0.25) is 4.90 Å². The first-order valence-corrected chi connectivity index (χ1v) is 7.62. The molecule has 2 aromatic rings. The smallest absolute Gasteiger partial charge is 0.0594 e. The van der Waals surface area contributed by atoms with Crippen LogP contribution in [-0.2, 0) is 11.2 Å². The fraction of sp³-hybridized carbons (Fsp3) is 0.529. The molecule has 1 saturated heterocycles. The molecule has 3 heteroatoms. The first kappa shape index (κ1) is 13.7. The van der Waals surface area contributed by atoms with Crippen LogP contribution in [0.3, 0.4) is 0 Å². The number of aromatic amines is 1. The zero-order chi connectivity index (χ0) is 13.9. The van der Waals surface area contributed by atoms with E-state index < -0.39 is 0 Å². The Bertz CT molecular complexity index is 582. The second-order valence-corrected chi connectivity index (χ2v) is 5.78. The molecular formula is C17H24N2O. The van der Waals surface area contributed by atoms with E-state index in [2.05, 4.69) is 41.9 Å². The molecule has 108 valence electrons. The van der Waals surface area contributed by atoms with Gasteiger partial charge in [-0.25, -0.2) is 0 Å². The molecule has 20 heavy (non-hydrogen) atoms. The van der Waals surface area contributed by atoms with Crippen LogP contribution in [0.2, 0.25) is 0 Å². The summed E-state index contributed by atoms with van der Waals surface area (Å²) >= 11 is 0. The minimum absolute atomic E-state index is 0.893. The second-order valence-electron chi connectivity index (χ2n) is 5.78. The molecule has 0 spiro atoms. The summed E-state index contributed by atoms with van der Waals surface area (Å²) in [5.74, 6) is 0. The maximum absolute atomic E-state index is 5.39. The Morgan fingerprint density at radius 1 is 1.20 bits per heavy atom. The first-order chi connectivity index (χ1) is 9.75. The summed E-state index contributed by atoms with van der Waals surface area (Å²) in [6, 6.07) is 6.55. The van der Waals surface area contributed by atoms with E-state index in [9.17, 15) is 0 Å². The maximum Gasteiger partial charge on any atom is 0.0594 e. The Morgan fingerprint density at radius 3 is 2.75 bits per heavy atom. The molecule has 0 atom stereocenters. The number of fused-ring (bicyclic) bond motifs is 1. The molecule has 1 aromatic carbocycles. The molecule has 0 radical (unpaired) electrons. The van der Waals surface area contributed by atoms with Gasteiger partial charge in [0.25, 0.3) is 0 Å². The molecule has 2 heterocycles. The van der Waals surface area contributed by atoms with Crippen molar-refractivity contribution in [1.82, 2.24) is 9.88 Å². The van der Waals surface area contributed by atoms with Crippen LogP contribution in [0, 0.1) is 13.8 Å². The van der Waals surface area contributed by atoms with Gasteiger partial charge in [0, 0.05) is 29.7 Å². The molecule has 0 amide bonds. The number of benzene rings is 1. The highest BCUT2D eigenvalue weighted by Gasteiger charge is 2.12. The van der Waals surface area contributed by atoms with Crippen LogP contribution in [-0.4, -0.2) is 42.7 Å². The van der Waals surface area contributed by atoms with Crippen LogP contribution in [0.1, 0.15) is 23.2 Å². The number of hydrogen-bond acceptors (Lipinski definition) is 2. The number of aromatic nitrogens is 1. The number of para-hydroxylation sites is 1. The van der Waals surface area contributed by atoms with Crippen molar-refractivity contribution >= 4 is 10.9 Å². The highest BCUT2D eigenvalue weighted by molar-refractivity contribution is 5.86. The van der Waals surface area contributed by atoms with Crippen molar-refractivity contribution in [2.45, 2.75) is 26.7 Å². The molecule has 0 saturated carbocycles. The van der Waals surface area contributed by atoms with Gasteiger partial charge in [0.2, 0.25) is 0 Å². The first-order valence-electron chi connectivity index (χ1n) is 7.62. The number of aryl methyl sites for hydroxylation is 3. The van der Waals surface area contributed by atoms with Gasteiger partial charge in [0.05, 0.1) is 13.2 Å². The van der Waals surface area contributed by atoms with Crippen LogP contribution in [0.5, 0.6) is 0 Å². The van der Waals surface area contributed by atoms with Gasteiger partial charge >= 0.3 is 0 Å². The fourth-order valence-electron chi connectivity index (χ4n) is 3.11. The summed E-state index contributed by atoms with van der Waals surface area (Å²) < 4.78 is 5.39. The molecule has 0 aliphatic carbocycles. The third-order valence-electron chi connectivity index (χ3n) is 4.41. The number of ether oxygens (including phenoxy) is 1. The molecule has 1 aliphatic rings. The van der Waals surface area contributed by atoms with Gasteiger partial charge in [0.1, 0.15) is 0 Å². The minimum Gasteiger partial charge on any atom is -0.379 e. The van der Waals surface area contributed by atoms with Crippen LogP contribution in [0.25, 0.3) is 10.9 Å². The predicted octanol–water partition coefficient (Wildman–Crippen LogP) is 3.05. The van der Waals surface area contributed by atoms with Crippen molar-refractivity contribution in [2.24, 2.45) is 0 Å². The average molecular weight is 272 g/mol. The lowest BCUT2D eigenvalue weighted by molar-refractivity contribution is 0.0374. The van der Waals surface area contributed by atoms with Gasteiger partial charge in [-0.15, -0.1) is 0 Å². The third-order valence-corrected chi connectivity index (χ3v) is 4.41. The molecule has 1 N–H and O–H groups in total. The van der Waals surface area contributed by atoms with Crippen LogP contribution >= 0.6 is 0 Å². The summed E-state index contributed by atoms with van der Waals surface area (Å²) in [5, 5.41) is 1.38. The minimum atomic E-state index is 0.893. The van der Waals surface area contributed by atoms with Crippen molar-refractivity contribution in [1.29, 1.82) is 0 Å². The largest absolute Gasteiger partial charge is 0.379 e. The van der Waals surface area contributed by atoms with Gasteiger partial charge in [-0.1, -0.05) is 18.2 Å². The second kappa shape index (κ2) is 5.98. The van der Waals surface area contributed by atoms with E-state index in [1.54, 1.807) is 0 Å². The van der Waals surface area contributed by atoms with Crippen LogP contribution in [0.4, 0.5) is 0 Å². The Labute approximate surface area is 120 Å². The van der Waals surface area contributed by atoms with Crippen molar-refractivity contribution in [3.63, 3.8) is 0 Å². The molecule has 3 nitrogen and oxygen atoms in total. The summed E-state index contributed by atoms with van der Waals surface area (Å²) in [6.45, 7) is 9.56. The van der Waals surface area contributed by atoms with Crippen molar-refractivity contribution in [3.8, 4) is 0 Å². The van der Waals surface area contributed by atoms with E-state index >= 15 is 0 Å². The lowest BCUT2D eigenvalue weighted by atomic mass is 10.1. The molecule has 0 bridgehead atoms. The number of hydrogen-bond donors (Lipinski definition) is 1. The van der Waals surface area contributed by atoms with Crippen molar-refractivity contribution in [3.05, 3.63) is 35.0 Å². The quantitative estimate of drug-likeness (QED) is 0.926. The normalized spacial score (nSPS) is 16.9.